The first-order valence-corrected chi connectivity index (χ1v) is 6.79. The second kappa shape index (κ2) is 5.46. The third-order valence-electron chi connectivity index (χ3n) is 3.55. The molecule has 2 aromatic rings. The maximum atomic E-state index is 12.3. The molecule has 1 heterocycles. The van der Waals surface area contributed by atoms with Crippen molar-refractivity contribution in [1.29, 1.82) is 0 Å². The lowest BCUT2D eigenvalue weighted by molar-refractivity contribution is 0.102. The molecule has 108 valence electrons. The van der Waals surface area contributed by atoms with Crippen LogP contribution in [0.15, 0.2) is 36.4 Å². The number of hydrogen-bond acceptors (Lipinski definition) is 4. The summed E-state index contributed by atoms with van der Waals surface area (Å²) in [6.45, 7) is 1.68. The van der Waals surface area contributed by atoms with Crippen LogP contribution in [0.1, 0.15) is 21.5 Å². The predicted octanol–water partition coefficient (Wildman–Crippen LogP) is 2.00. The van der Waals surface area contributed by atoms with Gasteiger partial charge in [0.1, 0.15) is 11.5 Å². The fourth-order valence-electron chi connectivity index (χ4n) is 2.57. The van der Waals surface area contributed by atoms with Crippen LogP contribution in [-0.2, 0) is 13.0 Å². The Balaban J connectivity index is 1.88. The molecule has 3 rings (SSSR count). The summed E-state index contributed by atoms with van der Waals surface area (Å²) in [6, 6.07) is 9.65. The molecule has 1 amide bonds. The van der Waals surface area contributed by atoms with Crippen LogP contribution in [0.2, 0.25) is 0 Å². The number of carbonyl (C=O) groups excluding carboxylic acids is 1. The molecule has 5 nitrogen and oxygen atoms in total. The van der Waals surface area contributed by atoms with E-state index in [1.54, 1.807) is 0 Å². The van der Waals surface area contributed by atoms with E-state index in [4.69, 9.17) is 0 Å². The number of aromatic hydroxyl groups is 2. The Labute approximate surface area is 122 Å². The minimum atomic E-state index is -0.354. The van der Waals surface area contributed by atoms with Gasteiger partial charge in [-0.2, -0.15) is 0 Å². The Hall–Kier alpha value is -2.53. The zero-order valence-electron chi connectivity index (χ0n) is 11.4. The number of rotatable bonds is 2. The quantitative estimate of drug-likeness (QED) is 0.680. The molecular formula is C16H16N2O3. The van der Waals surface area contributed by atoms with E-state index in [9.17, 15) is 15.0 Å². The molecular weight excluding hydrogens is 268 g/mol. The average Bonchev–Trinajstić information content (AvgIpc) is 2.46. The fraction of sp³-hybridized carbons (Fsp3) is 0.188. The van der Waals surface area contributed by atoms with Crippen LogP contribution in [0, 0.1) is 0 Å². The normalized spacial score (nSPS) is 13.5. The third-order valence-corrected chi connectivity index (χ3v) is 3.55. The summed E-state index contributed by atoms with van der Waals surface area (Å²) >= 11 is 0. The van der Waals surface area contributed by atoms with Crippen molar-refractivity contribution in [3.63, 3.8) is 0 Å². The topological polar surface area (TPSA) is 81.6 Å². The van der Waals surface area contributed by atoms with Crippen molar-refractivity contribution in [2.75, 3.05) is 11.9 Å². The summed E-state index contributed by atoms with van der Waals surface area (Å²) in [6.07, 6.45) is 0.858. The molecule has 0 bridgehead atoms. The number of phenols is 2. The highest BCUT2D eigenvalue weighted by molar-refractivity contribution is 6.05. The van der Waals surface area contributed by atoms with Gasteiger partial charge in [-0.1, -0.05) is 12.1 Å². The van der Waals surface area contributed by atoms with E-state index in [1.807, 2.05) is 18.2 Å². The number of phenolic OH excluding ortho intramolecular Hbond substituents is 2. The van der Waals surface area contributed by atoms with Crippen molar-refractivity contribution in [2.24, 2.45) is 0 Å². The fourth-order valence-corrected chi connectivity index (χ4v) is 2.57. The van der Waals surface area contributed by atoms with E-state index in [2.05, 4.69) is 10.6 Å². The summed E-state index contributed by atoms with van der Waals surface area (Å²) in [4.78, 5) is 12.3. The first-order valence-electron chi connectivity index (χ1n) is 6.79. The Bertz CT molecular complexity index is 678. The van der Waals surface area contributed by atoms with Gasteiger partial charge in [0.25, 0.3) is 5.91 Å². The second-order valence-electron chi connectivity index (χ2n) is 5.06. The van der Waals surface area contributed by atoms with Gasteiger partial charge in [-0.3, -0.25) is 4.79 Å². The molecule has 4 N–H and O–H groups in total. The number of fused-ring (bicyclic) bond motifs is 1. The third kappa shape index (κ3) is 2.83. The van der Waals surface area contributed by atoms with Crippen LogP contribution in [0.5, 0.6) is 11.5 Å². The van der Waals surface area contributed by atoms with Crippen molar-refractivity contribution in [3.05, 3.63) is 53.1 Å². The van der Waals surface area contributed by atoms with Crippen molar-refractivity contribution < 1.29 is 15.0 Å². The smallest absolute Gasteiger partial charge is 0.255 e. The number of benzene rings is 2. The van der Waals surface area contributed by atoms with Gasteiger partial charge in [-0.25, -0.2) is 0 Å². The molecule has 0 atom stereocenters. The van der Waals surface area contributed by atoms with Crippen LogP contribution in [0.4, 0.5) is 5.69 Å². The zero-order chi connectivity index (χ0) is 14.8. The molecule has 0 radical (unpaired) electrons. The van der Waals surface area contributed by atoms with Gasteiger partial charge in [0.2, 0.25) is 0 Å². The minimum Gasteiger partial charge on any atom is -0.508 e. The van der Waals surface area contributed by atoms with Crippen molar-refractivity contribution in [3.8, 4) is 11.5 Å². The van der Waals surface area contributed by atoms with Crippen molar-refractivity contribution in [1.82, 2.24) is 5.32 Å². The number of hydrogen-bond donors (Lipinski definition) is 4. The molecule has 5 heteroatoms. The molecule has 0 spiro atoms. The summed E-state index contributed by atoms with van der Waals surface area (Å²) in [5.41, 5.74) is 3.31. The summed E-state index contributed by atoms with van der Waals surface area (Å²) < 4.78 is 0. The van der Waals surface area contributed by atoms with Gasteiger partial charge in [0.05, 0.1) is 0 Å². The van der Waals surface area contributed by atoms with Crippen LogP contribution in [0.3, 0.4) is 0 Å². The molecule has 0 saturated carbocycles. The lowest BCUT2D eigenvalue weighted by Gasteiger charge is -2.20. The van der Waals surface area contributed by atoms with Crippen LogP contribution >= 0.6 is 0 Å². The van der Waals surface area contributed by atoms with E-state index in [-0.39, 0.29) is 23.0 Å². The molecule has 0 unspecified atom stereocenters. The van der Waals surface area contributed by atoms with E-state index >= 15 is 0 Å². The van der Waals surface area contributed by atoms with E-state index in [0.29, 0.717) is 0 Å². The van der Waals surface area contributed by atoms with Crippen molar-refractivity contribution >= 4 is 11.6 Å². The number of carbonyl (C=O) groups is 1. The van der Waals surface area contributed by atoms with E-state index in [1.165, 1.54) is 23.8 Å². The summed E-state index contributed by atoms with van der Waals surface area (Å²) in [5, 5.41) is 25.0. The molecule has 0 saturated heterocycles. The van der Waals surface area contributed by atoms with Crippen LogP contribution in [0.25, 0.3) is 0 Å². The van der Waals surface area contributed by atoms with Gasteiger partial charge in [-0.15, -0.1) is 0 Å². The maximum Gasteiger partial charge on any atom is 0.255 e. The largest absolute Gasteiger partial charge is 0.508 e. The van der Waals surface area contributed by atoms with Gasteiger partial charge >= 0.3 is 0 Å². The molecule has 2 aromatic carbocycles. The van der Waals surface area contributed by atoms with Crippen molar-refractivity contribution in [2.45, 2.75) is 13.0 Å². The van der Waals surface area contributed by atoms with Crippen LogP contribution < -0.4 is 10.6 Å². The Kier molecular flexibility index (Phi) is 3.50. The minimum absolute atomic E-state index is 0.139. The molecule has 21 heavy (non-hydrogen) atoms. The first-order chi connectivity index (χ1) is 10.1. The summed E-state index contributed by atoms with van der Waals surface area (Å²) in [7, 11) is 0. The standard InChI is InChI=1S/C16H16N2O3/c19-12-6-11(7-13(20)8-12)16(21)18-15-3-1-2-10-9-17-5-4-14(10)15/h1-3,6-8,17,19-20H,4-5,9H2,(H,18,21). The Morgan fingerprint density at radius 3 is 2.67 bits per heavy atom. The number of nitrogens with one attached hydrogen (secondary N) is 2. The number of amides is 1. The number of anilines is 1. The second-order valence-corrected chi connectivity index (χ2v) is 5.06. The maximum absolute atomic E-state index is 12.3. The lowest BCUT2D eigenvalue weighted by Crippen LogP contribution is -2.25. The Morgan fingerprint density at radius 2 is 1.90 bits per heavy atom. The van der Waals surface area contributed by atoms with Gasteiger partial charge in [0, 0.05) is 23.9 Å². The predicted molar refractivity (Wildman–Crippen MR) is 79.6 cm³/mol. The SMILES string of the molecule is O=C(Nc1cccc2c1CCNC2)c1cc(O)cc(O)c1. The highest BCUT2D eigenvalue weighted by Gasteiger charge is 2.15. The molecule has 1 aliphatic rings. The van der Waals surface area contributed by atoms with E-state index in [0.717, 1.165) is 30.8 Å². The van der Waals surface area contributed by atoms with Gasteiger partial charge < -0.3 is 20.8 Å². The molecule has 0 fully saturated rings. The molecule has 0 aromatic heterocycles. The molecule has 1 aliphatic heterocycles. The highest BCUT2D eigenvalue weighted by atomic mass is 16.3. The first kappa shape index (κ1) is 13.5. The monoisotopic (exact) mass is 284 g/mol. The van der Waals surface area contributed by atoms with Gasteiger partial charge in [0.15, 0.2) is 0 Å². The van der Waals surface area contributed by atoms with E-state index < -0.39 is 0 Å². The average molecular weight is 284 g/mol. The van der Waals surface area contributed by atoms with Crippen LogP contribution in [-0.4, -0.2) is 22.7 Å². The lowest BCUT2D eigenvalue weighted by atomic mass is 9.99. The van der Waals surface area contributed by atoms with Gasteiger partial charge in [-0.05, 0) is 42.3 Å². The highest BCUT2D eigenvalue weighted by Crippen LogP contribution is 2.25. The Morgan fingerprint density at radius 1 is 1.14 bits per heavy atom. The zero-order valence-corrected chi connectivity index (χ0v) is 11.4. The molecule has 0 aliphatic carbocycles. The summed E-state index contributed by atoms with van der Waals surface area (Å²) in [5.74, 6) is -0.632.